The molecule has 4 nitrogen and oxygen atoms in total. The van der Waals surface area contributed by atoms with Crippen molar-refractivity contribution in [3.63, 3.8) is 0 Å². The first kappa shape index (κ1) is 13.6. The van der Waals surface area contributed by atoms with E-state index in [0.29, 0.717) is 19.5 Å². The molecular weight excluding hydrogens is 214 g/mol. The van der Waals surface area contributed by atoms with Gasteiger partial charge < -0.3 is 11.1 Å². The number of nitrogens with zero attached hydrogens (tertiary/aromatic N) is 1. The van der Waals surface area contributed by atoms with Gasteiger partial charge in [-0.05, 0) is 36.1 Å². The van der Waals surface area contributed by atoms with E-state index in [9.17, 15) is 4.79 Å². The summed E-state index contributed by atoms with van der Waals surface area (Å²) in [5, 5.41) is 2.91. The van der Waals surface area contributed by atoms with Gasteiger partial charge in [-0.2, -0.15) is 0 Å². The highest BCUT2D eigenvalue weighted by atomic mass is 16.1. The number of amides is 1. The first-order valence-corrected chi connectivity index (χ1v) is 5.89. The van der Waals surface area contributed by atoms with Crippen molar-refractivity contribution in [2.45, 2.75) is 26.7 Å². The predicted octanol–water partition coefficient (Wildman–Crippen LogP) is 1.12. The third kappa shape index (κ3) is 5.45. The average Bonchev–Trinajstić information content (AvgIpc) is 2.30. The molecule has 1 aromatic rings. The van der Waals surface area contributed by atoms with Crippen LogP contribution in [0.4, 0.5) is 0 Å². The minimum Gasteiger partial charge on any atom is -0.356 e. The molecule has 0 saturated heterocycles. The zero-order valence-electron chi connectivity index (χ0n) is 10.6. The maximum Gasteiger partial charge on any atom is 0.220 e. The van der Waals surface area contributed by atoms with Gasteiger partial charge in [0.25, 0.3) is 0 Å². The number of carbonyl (C=O) groups excluding carboxylic acids is 1. The summed E-state index contributed by atoms with van der Waals surface area (Å²) < 4.78 is 0. The van der Waals surface area contributed by atoms with Crippen LogP contribution >= 0.6 is 0 Å². The van der Waals surface area contributed by atoms with Crippen LogP contribution < -0.4 is 11.1 Å². The second-order valence-corrected chi connectivity index (χ2v) is 5.00. The van der Waals surface area contributed by atoms with E-state index in [1.54, 1.807) is 12.4 Å². The Kier molecular flexibility index (Phi) is 5.10. The summed E-state index contributed by atoms with van der Waals surface area (Å²) in [5.41, 5.74) is 6.64. The van der Waals surface area contributed by atoms with Gasteiger partial charge in [0.1, 0.15) is 0 Å². The molecule has 0 spiro atoms. The highest BCUT2D eigenvalue weighted by Gasteiger charge is 2.19. The molecule has 0 saturated carbocycles. The summed E-state index contributed by atoms with van der Waals surface area (Å²) in [7, 11) is 0. The smallest absolute Gasteiger partial charge is 0.220 e. The molecule has 0 aliphatic heterocycles. The van der Waals surface area contributed by atoms with Crippen LogP contribution in [0.1, 0.15) is 25.8 Å². The third-order valence-corrected chi connectivity index (χ3v) is 2.68. The van der Waals surface area contributed by atoms with Crippen molar-refractivity contribution < 1.29 is 4.79 Å². The monoisotopic (exact) mass is 235 g/mol. The second kappa shape index (κ2) is 6.35. The molecule has 17 heavy (non-hydrogen) atoms. The minimum atomic E-state index is -0.124. The van der Waals surface area contributed by atoms with Crippen LogP contribution in [0.25, 0.3) is 0 Å². The third-order valence-electron chi connectivity index (χ3n) is 2.68. The Morgan fingerprint density at radius 1 is 1.41 bits per heavy atom. The van der Waals surface area contributed by atoms with Gasteiger partial charge in [0.2, 0.25) is 5.91 Å². The fourth-order valence-electron chi connectivity index (χ4n) is 1.47. The average molecular weight is 235 g/mol. The van der Waals surface area contributed by atoms with Gasteiger partial charge in [-0.25, -0.2) is 0 Å². The summed E-state index contributed by atoms with van der Waals surface area (Å²) in [6.07, 6.45) is 4.82. The molecule has 4 heteroatoms. The Bertz CT molecular complexity index is 349. The lowest BCUT2D eigenvalue weighted by Gasteiger charge is -2.21. The molecule has 3 N–H and O–H groups in total. The van der Waals surface area contributed by atoms with E-state index >= 15 is 0 Å². The largest absolute Gasteiger partial charge is 0.356 e. The molecule has 0 radical (unpaired) electrons. The lowest BCUT2D eigenvalue weighted by Crippen LogP contribution is -2.33. The van der Waals surface area contributed by atoms with Crippen LogP contribution in [0.5, 0.6) is 0 Å². The Morgan fingerprint density at radius 2 is 2.06 bits per heavy atom. The number of hydrogen-bond donors (Lipinski definition) is 2. The van der Waals surface area contributed by atoms with Crippen molar-refractivity contribution in [3.05, 3.63) is 30.1 Å². The summed E-state index contributed by atoms with van der Waals surface area (Å²) in [6.45, 7) is 5.17. The quantitative estimate of drug-likeness (QED) is 0.776. The number of hydrogen-bond acceptors (Lipinski definition) is 3. The molecule has 1 heterocycles. The lowest BCUT2D eigenvalue weighted by atomic mass is 9.89. The summed E-state index contributed by atoms with van der Waals surface area (Å²) in [6, 6.07) is 3.91. The van der Waals surface area contributed by atoms with Gasteiger partial charge in [-0.15, -0.1) is 0 Å². The standard InChI is InChI=1S/C13H21N3O/c1-13(2,10-14)9-12(17)16-8-5-11-3-6-15-7-4-11/h3-4,6-7H,5,8-10,14H2,1-2H3,(H,16,17). The SMILES string of the molecule is CC(C)(CN)CC(=O)NCCc1ccncc1. The maximum atomic E-state index is 11.6. The zero-order valence-corrected chi connectivity index (χ0v) is 10.6. The van der Waals surface area contributed by atoms with Crippen molar-refractivity contribution in [2.75, 3.05) is 13.1 Å². The number of aromatic nitrogens is 1. The summed E-state index contributed by atoms with van der Waals surface area (Å²) in [5.74, 6) is 0.0644. The Balaban J connectivity index is 2.25. The van der Waals surface area contributed by atoms with Gasteiger partial charge in [-0.1, -0.05) is 13.8 Å². The molecule has 0 unspecified atom stereocenters. The van der Waals surface area contributed by atoms with Gasteiger partial charge in [0.05, 0.1) is 0 Å². The van der Waals surface area contributed by atoms with Crippen molar-refractivity contribution in [3.8, 4) is 0 Å². The minimum absolute atomic E-state index is 0.0644. The van der Waals surface area contributed by atoms with E-state index in [2.05, 4.69) is 10.3 Å². The fourth-order valence-corrected chi connectivity index (χ4v) is 1.47. The molecule has 1 rings (SSSR count). The molecule has 0 aliphatic rings. The molecule has 94 valence electrons. The molecule has 1 amide bonds. The number of nitrogens with two attached hydrogens (primary N) is 1. The topological polar surface area (TPSA) is 68.0 Å². The lowest BCUT2D eigenvalue weighted by molar-refractivity contribution is -0.122. The predicted molar refractivity (Wildman–Crippen MR) is 68.4 cm³/mol. The van der Waals surface area contributed by atoms with Crippen LogP contribution in [0.15, 0.2) is 24.5 Å². The van der Waals surface area contributed by atoms with Crippen LogP contribution in [-0.4, -0.2) is 24.0 Å². The van der Waals surface area contributed by atoms with Gasteiger partial charge in [0.15, 0.2) is 0 Å². The van der Waals surface area contributed by atoms with E-state index in [0.717, 1.165) is 6.42 Å². The Morgan fingerprint density at radius 3 is 2.65 bits per heavy atom. The van der Waals surface area contributed by atoms with E-state index < -0.39 is 0 Å². The van der Waals surface area contributed by atoms with Crippen LogP contribution in [0.2, 0.25) is 0 Å². The van der Waals surface area contributed by atoms with Gasteiger partial charge in [-0.3, -0.25) is 9.78 Å². The zero-order chi connectivity index (χ0) is 12.7. The van der Waals surface area contributed by atoms with Crippen molar-refractivity contribution in [1.82, 2.24) is 10.3 Å². The highest BCUT2D eigenvalue weighted by Crippen LogP contribution is 2.17. The Labute approximate surface area is 103 Å². The van der Waals surface area contributed by atoms with Crippen molar-refractivity contribution >= 4 is 5.91 Å². The first-order chi connectivity index (χ1) is 8.03. The number of nitrogens with one attached hydrogen (secondary N) is 1. The van der Waals surface area contributed by atoms with Crippen molar-refractivity contribution in [2.24, 2.45) is 11.1 Å². The maximum absolute atomic E-state index is 11.6. The number of rotatable bonds is 6. The van der Waals surface area contributed by atoms with E-state index in [1.165, 1.54) is 5.56 Å². The van der Waals surface area contributed by atoms with E-state index in [4.69, 9.17) is 5.73 Å². The molecule has 0 fully saturated rings. The number of carbonyl (C=O) groups is 1. The molecule has 0 aromatic carbocycles. The van der Waals surface area contributed by atoms with Crippen molar-refractivity contribution in [1.29, 1.82) is 0 Å². The highest BCUT2D eigenvalue weighted by molar-refractivity contribution is 5.76. The van der Waals surface area contributed by atoms with Gasteiger partial charge in [0, 0.05) is 25.4 Å². The van der Waals surface area contributed by atoms with E-state index in [-0.39, 0.29) is 11.3 Å². The molecule has 0 atom stereocenters. The van der Waals surface area contributed by atoms with Crippen LogP contribution in [-0.2, 0) is 11.2 Å². The summed E-state index contributed by atoms with van der Waals surface area (Å²) >= 11 is 0. The number of pyridine rings is 1. The fraction of sp³-hybridized carbons (Fsp3) is 0.538. The molecule has 0 aliphatic carbocycles. The first-order valence-electron chi connectivity index (χ1n) is 5.89. The van der Waals surface area contributed by atoms with Gasteiger partial charge >= 0.3 is 0 Å². The van der Waals surface area contributed by atoms with Crippen LogP contribution in [0.3, 0.4) is 0 Å². The van der Waals surface area contributed by atoms with Crippen LogP contribution in [0, 0.1) is 5.41 Å². The van der Waals surface area contributed by atoms with E-state index in [1.807, 2.05) is 26.0 Å². The normalized spacial score (nSPS) is 11.2. The summed E-state index contributed by atoms with van der Waals surface area (Å²) in [4.78, 5) is 15.6. The molecule has 0 bridgehead atoms. The Hall–Kier alpha value is -1.42. The molecule has 1 aromatic heterocycles. The second-order valence-electron chi connectivity index (χ2n) is 5.00. The molecular formula is C13H21N3O.